The number of hydrogen-bond donors (Lipinski definition) is 1. The van der Waals surface area contributed by atoms with Crippen LogP contribution in [0.25, 0.3) is 5.69 Å². The number of benzene rings is 3. The Balaban J connectivity index is 1.25. The second-order valence-corrected chi connectivity index (χ2v) is 9.72. The van der Waals surface area contributed by atoms with E-state index in [1.54, 1.807) is 24.3 Å². The van der Waals surface area contributed by atoms with Gasteiger partial charge >= 0.3 is 0 Å². The zero-order chi connectivity index (χ0) is 24.2. The van der Waals surface area contributed by atoms with E-state index >= 15 is 0 Å². The Morgan fingerprint density at radius 3 is 2.57 bits per heavy atom. The minimum Gasteiger partial charge on any atom is -0.348 e. The maximum atomic E-state index is 12.8. The molecule has 5 rings (SSSR count). The summed E-state index contributed by atoms with van der Waals surface area (Å²) in [6.45, 7) is 0.920. The van der Waals surface area contributed by atoms with Gasteiger partial charge in [-0.25, -0.2) is 4.98 Å². The third-order valence-electron chi connectivity index (χ3n) is 5.91. The number of carbonyl (C=O) groups is 2. The number of carbonyl (C=O) groups excluding carboxylic acids is 2. The molecule has 1 N–H and O–H groups in total. The molecule has 1 saturated heterocycles. The zero-order valence-corrected chi connectivity index (χ0v) is 20.4. The van der Waals surface area contributed by atoms with E-state index in [0.717, 1.165) is 22.4 Å². The molecule has 3 aromatic carbocycles. The van der Waals surface area contributed by atoms with Gasteiger partial charge in [0.05, 0.1) is 17.8 Å². The van der Waals surface area contributed by atoms with Gasteiger partial charge in [-0.15, -0.1) is 11.8 Å². The number of nitrogens with one attached hydrogen (secondary N) is 1. The van der Waals surface area contributed by atoms with Gasteiger partial charge in [-0.3, -0.25) is 9.59 Å². The number of imidazole rings is 1. The van der Waals surface area contributed by atoms with E-state index in [2.05, 4.69) is 10.3 Å². The van der Waals surface area contributed by atoms with E-state index in [1.807, 2.05) is 88.5 Å². The van der Waals surface area contributed by atoms with E-state index < -0.39 is 0 Å². The number of para-hydroxylation sites is 1. The van der Waals surface area contributed by atoms with E-state index in [-0.39, 0.29) is 17.2 Å². The first-order valence-corrected chi connectivity index (χ1v) is 12.6. The lowest BCUT2D eigenvalue weighted by molar-refractivity contribution is -0.128. The van der Waals surface area contributed by atoms with Crippen LogP contribution in [0.5, 0.6) is 0 Å². The largest absolute Gasteiger partial charge is 0.348 e. The van der Waals surface area contributed by atoms with Gasteiger partial charge in [-0.05, 0) is 47.0 Å². The highest BCUT2D eigenvalue weighted by Gasteiger charge is 2.32. The molecule has 1 aliphatic rings. The molecular weight excluding hydrogens is 480 g/mol. The van der Waals surface area contributed by atoms with Crippen molar-refractivity contribution < 1.29 is 9.59 Å². The van der Waals surface area contributed by atoms with Crippen LogP contribution in [-0.4, -0.2) is 32.0 Å². The van der Waals surface area contributed by atoms with Crippen LogP contribution in [-0.2, 0) is 17.9 Å². The van der Waals surface area contributed by atoms with Crippen molar-refractivity contribution >= 4 is 35.2 Å². The van der Waals surface area contributed by atoms with Crippen molar-refractivity contribution in [1.29, 1.82) is 0 Å². The smallest absolute Gasteiger partial charge is 0.251 e. The number of rotatable bonds is 7. The van der Waals surface area contributed by atoms with Crippen LogP contribution >= 0.6 is 23.4 Å². The topological polar surface area (TPSA) is 67.2 Å². The van der Waals surface area contributed by atoms with Crippen molar-refractivity contribution in [1.82, 2.24) is 19.8 Å². The van der Waals surface area contributed by atoms with Gasteiger partial charge in [0.2, 0.25) is 5.91 Å². The van der Waals surface area contributed by atoms with Gasteiger partial charge in [0, 0.05) is 36.1 Å². The second kappa shape index (κ2) is 10.4. The minimum absolute atomic E-state index is 0.0858. The van der Waals surface area contributed by atoms with Gasteiger partial charge < -0.3 is 14.8 Å². The van der Waals surface area contributed by atoms with Gasteiger partial charge in [-0.1, -0.05) is 54.1 Å². The standard InChI is InChI=1S/C27H23ClN4O2S/c28-23-11-5-19(6-12-23)16-32-25(33)17-35-27(32)21-9-7-20(8-10-21)26(34)30-15-22-3-1-2-4-24(22)31-14-13-29-18-31/h1-14,18,27H,15-17H2,(H,30,34). The Morgan fingerprint density at radius 1 is 1.06 bits per heavy atom. The van der Waals surface area contributed by atoms with Crippen LogP contribution in [0.4, 0.5) is 0 Å². The van der Waals surface area contributed by atoms with Gasteiger partial charge in [-0.2, -0.15) is 0 Å². The molecule has 176 valence electrons. The fraction of sp³-hybridized carbons (Fsp3) is 0.148. The van der Waals surface area contributed by atoms with Crippen molar-refractivity contribution in [3.63, 3.8) is 0 Å². The maximum absolute atomic E-state index is 12.8. The average molecular weight is 503 g/mol. The Bertz CT molecular complexity index is 1320. The summed E-state index contributed by atoms with van der Waals surface area (Å²) in [4.78, 5) is 31.3. The van der Waals surface area contributed by atoms with Crippen molar-refractivity contribution in [2.24, 2.45) is 0 Å². The monoisotopic (exact) mass is 502 g/mol. The lowest BCUT2D eigenvalue weighted by Gasteiger charge is -2.24. The number of amides is 2. The Morgan fingerprint density at radius 2 is 1.83 bits per heavy atom. The van der Waals surface area contributed by atoms with Crippen LogP contribution in [0.2, 0.25) is 5.02 Å². The summed E-state index contributed by atoms with van der Waals surface area (Å²) in [5.74, 6) is 0.398. The van der Waals surface area contributed by atoms with Crippen LogP contribution in [0.15, 0.2) is 91.5 Å². The van der Waals surface area contributed by atoms with Gasteiger partial charge in [0.15, 0.2) is 0 Å². The number of halogens is 1. The molecule has 0 bridgehead atoms. The van der Waals surface area contributed by atoms with Gasteiger partial charge in [0.25, 0.3) is 5.91 Å². The molecule has 0 aliphatic carbocycles. The molecule has 1 unspecified atom stereocenters. The first-order valence-electron chi connectivity index (χ1n) is 11.2. The van der Waals surface area contributed by atoms with Crippen molar-refractivity contribution in [3.8, 4) is 5.69 Å². The summed E-state index contributed by atoms with van der Waals surface area (Å²) < 4.78 is 1.92. The third-order valence-corrected chi connectivity index (χ3v) is 7.41. The molecule has 6 nitrogen and oxygen atoms in total. The Hall–Kier alpha value is -3.55. The van der Waals surface area contributed by atoms with Gasteiger partial charge in [0.1, 0.15) is 5.37 Å². The quantitative estimate of drug-likeness (QED) is 0.376. The van der Waals surface area contributed by atoms with E-state index in [9.17, 15) is 9.59 Å². The molecule has 2 amide bonds. The first kappa shape index (κ1) is 23.2. The normalized spacial score (nSPS) is 15.4. The number of nitrogens with zero attached hydrogens (tertiary/aromatic N) is 3. The lowest BCUT2D eigenvalue weighted by Crippen LogP contribution is -2.27. The predicted molar refractivity (Wildman–Crippen MR) is 138 cm³/mol. The molecule has 4 aromatic rings. The van der Waals surface area contributed by atoms with Crippen LogP contribution in [0, 0.1) is 0 Å². The highest BCUT2D eigenvalue weighted by atomic mass is 35.5. The first-order chi connectivity index (χ1) is 17.1. The number of hydrogen-bond acceptors (Lipinski definition) is 4. The molecule has 1 fully saturated rings. The van der Waals surface area contributed by atoms with Crippen LogP contribution < -0.4 is 5.32 Å². The maximum Gasteiger partial charge on any atom is 0.251 e. The highest BCUT2D eigenvalue weighted by Crippen LogP contribution is 2.39. The summed E-state index contributed by atoms with van der Waals surface area (Å²) in [5, 5.41) is 3.59. The second-order valence-electron chi connectivity index (χ2n) is 8.21. The summed E-state index contributed by atoms with van der Waals surface area (Å²) in [7, 11) is 0. The van der Waals surface area contributed by atoms with Crippen LogP contribution in [0.3, 0.4) is 0 Å². The number of thioether (sulfide) groups is 1. The highest BCUT2D eigenvalue weighted by molar-refractivity contribution is 8.00. The molecule has 0 saturated carbocycles. The molecule has 0 radical (unpaired) electrons. The minimum atomic E-state index is -0.148. The Labute approximate surface area is 212 Å². The average Bonchev–Trinajstić information content (AvgIpc) is 3.55. The SMILES string of the molecule is O=C(NCc1ccccc1-n1ccnc1)c1ccc(C2SCC(=O)N2Cc2ccc(Cl)cc2)cc1. The lowest BCUT2D eigenvalue weighted by atomic mass is 10.1. The summed E-state index contributed by atoms with van der Waals surface area (Å²) in [5.41, 5.74) is 4.57. The van der Waals surface area contributed by atoms with E-state index in [0.29, 0.717) is 29.4 Å². The van der Waals surface area contributed by atoms with Crippen molar-refractivity contribution in [2.45, 2.75) is 18.5 Å². The fourth-order valence-corrected chi connectivity index (χ4v) is 5.39. The fourth-order valence-electron chi connectivity index (χ4n) is 4.08. The van der Waals surface area contributed by atoms with Crippen molar-refractivity contribution in [2.75, 3.05) is 5.75 Å². The van der Waals surface area contributed by atoms with E-state index in [1.165, 1.54) is 0 Å². The molecular formula is C27H23ClN4O2S. The molecule has 1 aliphatic heterocycles. The summed E-state index contributed by atoms with van der Waals surface area (Å²) in [6, 6.07) is 22.9. The van der Waals surface area contributed by atoms with Crippen LogP contribution in [0.1, 0.15) is 32.4 Å². The van der Waals surface area contributed by atoms with Crippen molar-refractivity contribution in [3.05, 3.63) is 119 Å². The molecule has 0 spiro atoms. The Kier molecular flexibility index (Phi) is 6.88. The molecule has 35 heavy (non-hydrogen) atoms. The molecule has 1 atom stereocenters. The van der Waals surface area contributed by atoms with E-state index in [4.69, 9.17) is 11.6 Å². The molecule has 2 heterocycles. The molecule has 1 aromatic heterocycles. The molecule has 8 heteroatoms. The number of aromatic nitrogens is 2. The third kappa shape index (κ3) is 5.26. The predicted octanol–water partition coefficient (Wildman–Crippen LogP) is 5.23. The summed E-state index contributed by atoms with van der Waals surface area (Å²) in [6.07, 6.45) is 5.34. The zero-order valence-electron chi connectivity index (χ0n) is 18.8. The summed E-state index contributed by atoms with van der Waals surface area (Å²) >= 11 is 7.59.